The fourth-order valence-corrected chi connectivity index (χ4v) is 6.17. The zero-order chi connectivity index (χ0) is 24.9. The van der Waals surface area contributed by atoms with E-state index in [2.05, 4.69) is 31.2 Å². The number of rotatable bonds is 6. The lowest BCUT2D eigenvalue weighted by Gasteiger charge is -2.35. The molecule has 2 aromatic heterocycles. The van der Waals surface area contributed by atoms with Crippen molar-refractivity contribution in [1.82, 2.24) is 15.0 Å². The number of aromatic nitrogens is 3. The fourth-order valence-electron chi connectivity index (χ4n) is 5.16. The maximum absolute atomic E-state index is 13.6. The highest BCUT2D eigenvalue weighted by Gasteiger charge is 2.44. The molecule has 2 aliphatic carbocycles. The van der Waals surface area contributed by atoms with E-state index in [1.165, 1.54) is 38.5 Å². The van der Waals surface area contributed by atoms with Gasteiger partial charge in [-0.25, -0.2) is 18.7 Å². The van der Waals surface area contributed by atoms with Crippen LogP contribution >= 0.6 is 11.8 Å². The molecule has 7 nitrogen and oxygen atoms in total. The summed E-state index contributed by atoms with van der Waals surface area (Å²) < 4.78 is 27.2. The molecule has 2 aliphatic heterocycles. The maximum Gasteiger partial charge on any atom is 0.260 e. The molecule has 0 aromatic carbocycles. The van der Waals surface area contributed by atoms with Crippen molar-refractivity contribution in [2.75, 3.05) is 41.3 Å². The van der Waals surface area contributed by atoms with Gasteiger partial charge in [0.15, 0.2) is 0 Å². The first-order valence-corrected chi connectivity index (χ1v) is 13.9. The normalized spacial score (nSPS) is 22.5. The van der Waals surface area contributed by atoms with E-state index in [0.29, 0.717) is 33.7 Å². The van der Waals surface area contributed by atoms with Crippen molar-refractivity contribution in [2.45, 2.75) is 74.5 Å². The SMILES string of the molecule is Cc1cc(NC(=O)c2cnc(SC3CC3)cc2N2CCC3(CC2)CC3)nc(N2CCC(F)(F)CC2)n1. The molecule has 1 spiro atoms. The van der Waals surface area contributed by atoms with Crippen LogP contribution in [0.2, 0.25) is 0 Å². The third-order valence-corrected chi connectivity index (χ3v) is 9.17. The minimum Gasteiger partial charge on any atom is -0.371 e. The van der Waals surface area contributed by atoms with E-state index in [-0.39, 0.29) is 31.8 Å². The van der Waals surface area contributed by atoms with Crippen molar-refractivity contribution in [3.63, 3.8) is 0 Å². The van der Waals surface area contributed by atoms with Gasteiger partial charge in [0.2, 0.25) is 5.95 Å². The van der Waals surface area contributed by atoms with Crippen LogP contribution in [0.3, 0.4) is 0 Å². The van der Waals surface area contributed by atoms with E-state index >= 15 is 0 Å². The Bertz CT molecular complexity index is 1150. The van der Waals surface area contributed by atoms with Gasteiger partial charge in [-0.1, -0.05) is 0 Å². The number of pyridine rings is 1. The van der Waals surface area contributed by atoms with E-state index in [4.69, 9.17) is 0 Å². The van der Waals surface area contributed by atoms with Gasteiger partial charge in [-0.2, -0.15) is 4.98 Å². The smallest absolute Gasteiger partial charge is 0.260 e. The Morgan fingerprint density at radius 2 is 1.69 bits per heavy atom. The lowest BCUT2D eigenvalue weighted by molar-refractivity contribution is -0.0222. The topological polar surface area (TPSA) is 74.2 Å². The molecular formula is C26H32F2N6OS. The van der Waals surface area contributed by atoms with E-state index < -0.39 is 5.92 Å². The standard InChI is InChI=1S/C26H32F2N6OS/c1-17-14-21(32-24(30-17)34-12-8-26(27,28)9-13-34)31-23(35)19-16-29-22(36-18-2-3-18)15-20(19)33-10-6-25(4-5-25)7-11-33/h14-16,18H,2-13H2,1H3,(H,30,31,32,35). The fraction of sp³-hybridized carbons (Fsp3) is 0.615. The number of thioether (sulfide) groups is 1. The minimum absolute atomic E-state index is 0.189. The number of piperidine rings is 2. The largest absolute Gasteiger partial charge is 0.371 e. The number of carbonyl (C=O) groups excluding carboxylic acids is 1. The van der Waals surface area contributed by atoms with Crippen LogP contribution in [0.4, 0.5) is 26.2 Å². The van der Waals surface area contributed by atoms with Gasteiger partial charge >= 0.3 is 0 Å². The molecule has 0 unspecified atom stereocenters. The molecule has 6 rings (SSSR count). The Balaban J connectivity index is 1.22. The average Bonchev–Trinajstić information content (AvgIpc) is 3.78. The molecule has 4 heterocycles. The highest BCUT2D eigenvalue weighted by atomic mass is 32.2. The molecule has 10 heteroatoms. The first-order valence-electron chi connectivity index (χ1n) is 13.0. The van der Waals surface area contributed by atoms with Gasteiger partial charge in [0.1, 0.15) is 5.82 Å². The van der Waals surface area contributed by atoms with E-state index in [0.717, 1.165) is 23.8 Å². The van der Waals surface area contributed by atoms with E-state index in [9.17, 15) is 13.6 Å². The molecule has 4 fully saturated rings. The molecule has 2 saturated heterocycles. The lowest BCUT2D eigenvalue weighted by atomic mass is 9.93. The van der Waals surface area contributed by atoms with Gasteiger partial charge < -0.3 is 15.1 Å². The summed E-state index contributed by atoms with van der Waals surface area (Å²) in [5, 5.41) is 4.54. The summed E-state index contributed by atoms with van der Waals surface area (Å²) in [6.45, 7) is 4.10. The van der Waals surface area contributed by atoms with Crippen molar-refractivity contribution >= 4 is 35.1 Å². The van der Waals surface area contributed by atoms with Crippen molar-refractivity contribution < 1.29 is 13.6 Å². The third kappa shape index (κ3) is 5.28. The van der Waals surface area contributed by atoms with Gasteiger partial charge in [0.25, 0.3) is 11.8 Å². The predicted octanol–water partition coefficient (Wildman–Crippen LogP) is 5.30. The molecule has 2 aromatic rings. The van der Waals surface area contributed by atoms with Gasteiger partial charge in [0, 0.05) is 62.2 Å². The summed E-state index contributed by atoms with van der Waals surface area (Å²) >= 11 is 1.79. The molecule has 0 atom stereocenters. The number of aryl methyl sites for hydroxylation is 1. The second-order valence-electron chi connectivity index (χ2n) is 10.8. The highest BCUT2D eigenvalue weighted by Crippen LogP contribution is 2.54. The molecule has 0 radical (unpaired) electrons. The van der Waals surface area contributed by atoms with Crippen LogP contribution in [0, 0.1) is 12.3 Å². The number of amides is 1. The molecule has 1 amide bonds. The molecule has 192 valence electrons. The summed E-state index contributed by atoms with van der Waals surface area (Å²) in [6.07, 6.45) is 8.70. The summed E-state index contributed by atoms with van der Waals surface area (Å²) in [5.41, 5.74) is 2.70. The number of nitrogens with one attached hydrogen (secondary N) is 1. The zero-order valence-electron chi connectivity index (χ0n) is 20.6. The number of nitrogens with zero attached hydrogens (tertiary/aromatic N) is 5. The summed E-state index contributed by atoms with van der Waals surface area (Å²) in [5.74, 6) is -2.15. The third-order valence-electron chi connectivity index (χ3n) is 7.90. The van der Waals surface area contributed by atoms with Gasteiger partial charge in [-0.15, -0.1) is 11.8 Å². The Kier molecular flexibility index (Phi) is 6.05. The van der Waals surface area contributed by atoms with Crippen molar-refractivity contribution in [2.24, 2.45) is 5.41 Å². The second-order valence-corrected chi connectivity index (χ2v) is 12.2. The van der Waals surface area contributed by atoms with Gasteiger partial charge in [-0.3, -0.25) is 4.79 Å². The predicted molar refractivity (Wildman–Crippen MR) is 137 cm³/mol. The number of halogens is 2. The summed E-state index contributed by atoms with van der Waals surface area (Å²) in [6, 6.07) is 3.79. The maximum atomic E-state index is 13.6. The van der Waals surface area contributed by atoms with Crippen LogP contribution in [0.5, 0.6) is 0 Å². The minimum atomic E-state index is -2.64. The molecular weight excluding hydrogens is 482 g/mol. The van der Waals surface area contributed by atoms with E-state index in [1.54, 1.807) is 28.9 Å². The van der Waals surface area contributed by atoms with Crippen molar-refractivity contribution in [3.05, 3.63) is 29.6 Å². The molecule has 36 heavy (non-hydrogen) atoms. The van der Waals surface area contributed by atoms with Crippen LogP contribution in [0.25, 0.3) is 0 Å². The first kappa shape index (κ1) is 23.9. The molecule has 1 N–H and O–H groups in total. The number of alkyl halides is 2. The molecule has 4 aliphatic rings. The summed E-state index contributed by atoms with van der Waals surface area (Å²) in [7, 11) is 0. The second kappa shape index (κ2) is 9.11. The van der Waals surface area contributed by atoms with Crippen LogP contribution in [-0.4, -0.2) is 58.2 Å². The number of anilines is 3. The Morgan fingerprint density at radius 1 is 1.00 bits per heavy atom. The molecule has 0 bridgehead atoms. The van der Waals surface area contributed by atoms with Crippen LogP contribution < -0.4 is 15.1 Å². The van der Waals surface area contributed by atoms with Crippen LogP contribution in [0.1, 0.15) is 67.4 Å². The quantitative estimate of drug-likeness (QED) is 0.561. The Morgan fingerprint density at radius 3 is 2.36 bits per heavy atom. The summed E-state index contributed by atoms with van der Waals surface area (Å²) in [4.78, 5) is 31.1. The molecule has 2 saturated carbocycles. The zero-order valence-corrected chi connectivity index (χ0v) is 21.4. The lowest BCUT2D eigenvalue weighted by Crippen LogP contribution is -2.40. The first-order chi connectivity index (χ1) is 17.3. The number of carbonyl (C=O) groups is 1. The number of hydrogen-bond acceptors (Lipinski definition) is 7. The monoisotopic (exact) mass is 514 g/mol. The van der Waals surface area contributed by atoms with E-state index in [1.807, 2.05) is 6.92 Å². The number of hydrogen-bond donors (Lipinski definition) is 1. The Labute approximate surface area is 214 Å². The highest BCUT2D eigenvalue weighted by molar-refractivity contribution is 8.00. The van der Waals surface area contributed by atoms with Gasteiger partial charge in [0.05, 0.1) is 16.3 Å². The average molecular weight is 515 g/mol. The van der Waals surface area contributed by atoms with Crippen molar-refractivity contribution in [3.8, 4) is 0 Å². The van der Waals surface area contributed by atoms with Crippen LogP contribution in [0.15, 0.2) is 23.4 Å². The van der Waals surface area contributed by atoms with Gasteiger partial charge in [-0.05, 0) is 56.9 Å². The van der Waals surface area contributed by atoms with Crippen molar-refractivity contribution in [1.29, 1.82) is 0 Å². The van der Waals surface area contributed by atoms with Crippen LogP contribution in [-0.2, 0) is 0 Å². The Hall–Kier alpha value is -2.49.